The summed E-state index contributed by atoms with van der Waals surface area (Å²) >= 11 is 0. The molecule has 1 N–H and O–H groups in total. The third kappa shape index (κ3) is 3.48. The average Bonchev–Trinajstić information content (AvgIpc) is 2.42. The summed E-state index contributed by atoms with van der Waals surface area (Å²) in [5, 5.41) is 4.61. The van der Waals surface area contributed by atoms with E-state index in [1.807, 2.05) is 18.2 Å². The second kappa shape index (κ2) is 6.23. The van der Waals surface area contributed by atoms with Gasteiger partial charge in [-0.2, -0.15) is 0 Å². The monoisotopic (exact) mass is 272 g/mol. The molecule has 0 spiro atoms. The van der Waals surface area contributed by atoms with E-state index < -0.39 is 0 Å². The number of rotatable bonds is 5. The normalized spacial score (nSPS) is 13.4. The van der Waals surface area contributed by atoms with Crippen LogP contribution in [0.4, 0.5) is 0 Å². The van der Waals surface area contributed by atoms with Crippen LogP contribution in [0.2, 0.25) is 0 Å². The zero-order chi connectivity index (χ0) is 14.6. The summed E-state index contributed by atoms with van der Waals surface area (Å²) in [4.78, 5) is 4.42. The van der Waals surface area contributed by atoms with E-state index in [0.717, 1.165) is 23.2 Å². The number of likely N-dealkylation sites (N-methyl/N-ethyl adjacent to an activating group) is 1. The minimum Gasteiger partial charge on any atom is -0.490 e. The predicted octanol–water partition coefficient (Wildman–Crippen LogP) is 3.64. The molecule has 0 fully saturated rings. The van der Waals surface area contributed by atoms with Crippen molar-refractivity contribution in [3.63, 3.8) is 0 Å². The van der Waals surface area contributed by atoms with E-state index in [-0.39, 0.29) is 5.41 Å². The van der Waals surface area contributed by atoms with Crippen molar-refractivity contribution < 1.29 is 4.74 Å². The standard InChI is InChI=1S/C17H24N2O/c1-5-18-15(17(2,3)4)12-20-14-10-6-8-13-9-7-11-19-16(13)14/h6-11,15,18H,5,12H2,1-4H3. The Bertz CT molecular complexity index is 555. The number of benzene rings is 1. The lowest BCUT2D eigenvalue weighted by Crippen LogP contribution is -2.44. The number of nitrogens with zero attached hydrogens (tertiary/aromatic N) is 1. The van der Waals surface area contributed by atoms with Crippen LogP contribution < -0.4 is 10.1 Å². The molecule has 1 aromatic carbocycles. The molecule has 0 aliphatic rings. The van der Waals surface area contributed by atoms with E-state index >= 15 is 0 Å². The number of hydrogen-bond acceptors (Lipinski definition) is 3. The summed E-state index contributed by atoms with van der Waals surface area (Å²) in [6, 6.07) is 10.4. The van der Waals surface area contributed by atoms with Crippen LogP contribution in [0.3, 0.4) is 0 Å². The van der Waals surface area contributed by atoms with Gasteiger partial charge in [-0.15, -0.1) is 0 Å². The van der Waals surface area contributed by atoms with E-state index in [1.54, 1.807) is 6.20 Å². The molecule has 0 amide bonds. The fraction of sp³-hybridized carbons (Fsp3) is 0.471. The first-order chi connectivity index (χ1) is 9.52. The number of para-hydroxylation sites is 1. The van der Waals surface area contributed by atoms with Gasteiger partial charge in [-0.25, -0.2) is 0 Å². The first-order valence-electron chi connectivity index (χ1n) is 7.22. The first-order valence-corrected chi connectivity index (χ1v) is 7.22. The van der Waals surface area contributed by atoms with Gasteiger partial charge in [0.15, 0.2) is 0 Å². The molecular weight excluding hydrogens is 248 g/mol. The second-order valence-corrected chi connectivity index (χ2v) is 6.12. The summed E-state index contributed by atoms with van der Waals surface area (Å²) in [5.41, 5.74) is 1.09. The first kappa shape index (κ1) is 14.8. The molecule has 0 aliphatic carbocycles. The summed E-state index contributed by atoms with van der Waals surface area (Å²) in [6.07, 6.45) is 1.81. The lowest BCUT2D eigenvalue weighted by atomic mass is 9.87. The molecule has 0 aliphatic heterocycles. The highest BCUT2D eigenvalue weighted by Gasteiger charge is 2.24. The van der Waals surface area contributed by atoms with Gasteiger partial charge in [-0.05, 0) is 24.1 Å². The smallest absolute Gasteiger partial charge is 0.145 e. The number of pyridine rings is 1. The highest BCUT2D eigenvalue weighted by Crippen LogP contribution is 2.25. The van der Waals surface area contributed by atoms with Crippen LogP contribution in [0.1, 0.15) is 27.7 Å². The van der Waals surface area contributed by atoms with Crippen molar-refractivity contribution in [1.29, 1.82) is 0 Å². The van der Waals surface area contributed by atoms with Crippen LogP contribution in [0.5, 0.6) is 5.75 Å². The molecule has 3 heteroatoms. The van der Waals surface area contributed by atoms with Crippen molar-refractivity contribution in [2.45, 2.75) is 33.7 Å². The van der Waals surface area contributed by atoms with E-state index in [1.165, 1.54) is 0 Å². The maximum Gasteiger partial charge on any atom is 0.145 e. The van der Waals surface area contributed by atoms with Crippen LogP contribution in [-0.4, -0.2) is 24.2 Å². The molecule has 108 valence electrons. The molecule has 3 nitrogen and oxygen atoms in total. The van der Waals surface area contributed by atoms with E-state index in [2.05, 4.69) is 50.1 Å². The van der Waals surface area contributed by atoms with Gasteiger partial charge in [-0.1, -0.05) is 45.9 Å². The Hall–Kier alpha value is -1.61. The lowest BCUT2D eigenvalue weighted by molar-refractivity contribution is 0.177. The van der Waals surface area contributed by atoms with Crippen LogP contribution in [-0.2, 0) is 0 Å². The molecule has 1 atom stereocenters. The van der Waals surface area contributed by atoms with Crippen molar-refractivity contribution in [1.82, 2.24) is 10.3 Å². The molecule has 0 bridgehead atoms. The zero-order valence-corrected chi connectivity index (χ0v) is 12.8. The van der Waals surface area contributed by atoms with Gasteiger partial charge in [0.05, 0.1) is 0 Å². The van der Waals surface area contributed by atoms with Crippen LogP contribution in [0.15, 0.2) is 36.5 Å². The Kier molecular flexibility index (Phi) is 4.61. The van der Waals surface area contributed by atoms with E-state index in [4.69, 9.17) is 4.74 Å². The minimum atomic E-state index is 0.161. The summed E-state index contributed by atoms with van der Waals surface area (Å²) in [5.74, 6) is 0.857. The zero-order valence-electron chi connectivity index (χ0n) is 12.8. The summed E-state index contributed by atoms with van der Waals surface area (Å²) < 4.78 is 6.04. The van der Waals surface area contributed by atoms with E-state index in [0.29, 0.717) is 12.6 Å². The minimum absolute atomic E-state index is 0.161. The van der Waals surface area contributed by atoms with Gasteiger partial charge < -0.3 is 10.1 Å². The average molecular weight is 272 g/mol. The number of nitrogens with one attached hydrogen (secondary N) is 1. The highest BCUT2D eigenvalue weighted by atomic mass is 16.5. The second-order valence-electron chi connectivity index (χ2n) is 6.12. The van der Waals surface area contributed by atoms with Crippen molar-refractivity contribution in [3.8, 4) is 5.75 Å². The number of ether oxygens (including phenoxy) is 1. The predicted molar refractivity (Wildman–Crippen MR) is 84.2 cm³/mol. The topological polar surface area (TPSA) is 34.1 Å². The summed E-state index contributed by atoms with van der Waals surface area (Å²) in [7, 11) is 0. The Labute approximate surface area is 121 Å². The van der Waals surface area contributed by atoms with Gasteiger partial charge in [0, 0.05) is 17.6 Å². The van der Waals surface area contributed by atoms with Gasteiger partial charge in [0.1, 0.15) is 17.9 Å². The van der Waals surface area contributed by atoms with Crippen LogP contribution in [0, 0.1) is 5.41 Å². The van der Waals surface area contributed by atoms with Crippen molar-refractivity contribution in [2.75, 3.05) is 13.2 Å². The van der Waals surface area contributed by atoms with Gasteiger partial charge in [-0.3, -0.25) is 4.98 Å². The van der Waals surface area contributed by atoms with E-state index in [9.17, 15) is 0 Å². The Morgan fingerprint density at radius 1 is 1.20 bits per heavy atom. The van der Waals surface area contributed by atoms with Gasteiger partial charge in [0.25, 0.3) is 0 Å². The van der Waals surface area contributed by atoms with Crippen molar-refractivity contribution in [2.24, 2.45) is 5.41 Å². The molecular formula is C17H24N2O. The molecule has 1 unspecified atom stereocenters. The van der Waals surface area contributed by atoms with Crippen molar-refractivity contribution in [3.05, 3.63) is 36.5 Å². The number of aromatic nitrogens is 1. The fourth-order valence-corrected chi connectivity index (χ4v) is 2.23. The molecule has 2 rings (SSSR count). The number of fused-ring (bicyclic) bond motifs is 1. The molecule has 2 aromatic rings. The van der Waals surface area contributed by atoms with Gasteiger partial charge >= 0.3 is 0 Å². The molecule has 20 heavy (non-hydrogen) atoms. The van der Waals surface area contributed by atoms with Crippen LogP contribution >= 0.6 is 0 Å². The molecule has 0 saturated carbocycles. The maximum atomic E-state index is 6.04. The maximum absolute atomic E-state index is 6.04. The molecule has 0 saturated heterocycles. The summed E-state index contributed by atoms with van der Waals surface area (Å²) in [6.45, 7) is 10.4. The lowest BCUT2D eigenvalue weighted by Gasteiger charge is -2.31. The fourth-order valence-electron chi connectivity index (χ4n) is 2.23. The Balaban J connectivity index is 2.16. The van der Waals surface area contributed by atoms with Crippen molar-refractivity contribution >= 4 is 10.9 Å². The van der Waals surface area contributed by atoms with Crippen LogP contribution in [0.25, 0.3) is 10.9 Å². The third-order valence-electron chi connectivity index (χ3n) is 3.50. The molecule has 1 heterocycles. The highest BCUT2D eigenvalue weighted by molar-refractivity contribution is 5.84. The van der Waals surface area contributed by atoms with Gasteiger partial charge in [0.2, 0.25) is 0 Å². The largest absolute Gasteiger partial charge is 0.490 e. The Morgan fingerprint density at radius 2 is 1.95 bits per heavy atom. The SMILES string of the molecule is CCNC(COc1cccc2cccnc12)C(C)(C)C. The quantitative estimate of drug-likeness (QED) is 0.902. The molecule has 0 radical (unpaired) electrons. The number of hydrogen-bond donors (Lipinski definition) is 1. The Morgan fingerprint density at radius 3 is 2.65 bits per heavy atom. The molecule has 1 aromatic heterocycles. The third-order valence-corrected chi connectivity index (χ3v) is 3.50.